The quantitative estimate of drug-likeness (QED) is 0.734. The summed E-state index contributed by atoms with van der Waals surface area (Å²) in [4.78, 5) is 13.6. The number of hydrogen-bond donors (Lipinski definition) is 2. The van der Waals surface area contributed by atoms with Crippen molar-refractivity contribution in [2.75, 3.05) is 19.6 Å². The van der Waals surface area contributed by atoms with Crippen LogP contribution >= 0.6 is 0 Å². The number of aliphatic hydroxyl groups excluding tert-OH is 1. The van der Waals surface area contributed by atoms with E-state index in [9.17, 15) is 9.90 Å². The lowest BCUT2D eigenvalue weighted by Gasteiger charge is -2.25. The van der Waals surface area contributed by atoms with Crippen LogP contribution < -0.4 is 5.32 Å². The van der Waals surface area contributed by atoms with Gasteiger partial charge in [-0.05, 0) is 40.2 Å². The third-order valence-corrected chi connectivity index (χ3v) is 3.60. The van der Waals surface area contributed by atoms with Crippen LogP contribution in [0.4, 0.5) is 4.79 Å². The van der Waals surface area contributed by atoms with Gasteiger partial charge < -0.3 is 20.1 Å². The van der Waals surface area contributed by atoms with Crippen molar-refractivity contribution in [2.45, 2.75) is 51.4 Å². The summed E-state index contributed by atoms with van der Waals surface area (Å²) in [5, 5.41) is 13.5. The van der Waals surface area contributed by atoms with Gasteiger partial charge in [-0.1, -0.05) is 0 Å². The van der Waals surface area contributed by atoms with Gasteiger partial charge in [-0.15, -0.1) is 0 Å². The monoisotopic (exact) mass is 256 g/mol. The SMILES string of the molecule is CC(C)(C)OC(=O)N1C[C@H](C2CCCN2)[C@@H](O)C1. The van der Waals surface area contributed by atoms with E-state index in [0.29, 0.717) is 19.1 Å². The Hall–Kier alpha value is -0.810. The Morgan fingerprint density at radius 3 is 2.67 bits per heavy atom. The highest BCUT2D eigenvalue weighted by Crippen LogP contribution is 2.26. The third kappa shape index (κ3) is 3.14. The number of nitrogens with zero attached hydrogens (tertiary/aromatic N) is 1. The van der Waals surface area contributed by atoms with Crippen molar-refractivity contribution in [3.8, 4) is 0 Å². The lowest BCUT2D eigenvalue weighted by atomic mass is 9.95. The van der Waals surface area contributed by atoms with Crippen molar-refractivity contribution >= 4 is 6.09 Å². The summed E-state index contributed by atoms with van der Waals surface area (Å²) in [6, 6.07) is 0.340. The standard InChI is InChI=1S/C13H24N2O3/c1-13(2,3)18-12(17)15-7-9(11(16)8-15)10-5-4-6-14-10/h9-11,14,16H,4-8H2,1-3H3/t9-,10?,11+/m1/s1. The zero-order valence-corrected chi connectivity index (χ0v) is 11.5. The summed E-state index contributed by atoms with van der Waals surface area (Å²) >= 11 is 0. The van der Waals surface area contributed by atoms with Crippen LogP contribution in [0.15, 0.2) is 0 Å². The maximum Gasteiger partial charge on any atom is 0.410 e. The second-order valence-electron chi connectivity index (χ2n) is 6.32. The minimum absolute atomic E-state index is 0.139. The number of aliphatic hydroxyl groups is 1. The van der Waals surface area contributed by atoms with E-state index < -0.39 is 11.7 Å². The summed E-state index contributed by atoms with van der Waals surface area (Å²) in [5.74, 6) is 0.139. The zero-order chi connectivity index (χ0) is 13.3. The second-order valence-corrected chi connectivity index (χ2v) is 6.32. The molecule has 0 aromatic heterocycles. The van der Waals surface area contributed by atoms with E-state index in [1.54, 1.807) is 4.90 Å². The molecule has 2 aliphatic rings. The molecule has 2 aliphatic heterocycles. The maximum absolute atomic E-state index is 11.9. The number of carbonyl (C=O) groups excluding carboxylic acids is 1. The molecule has 2 saturated heterocycles. The average molecular weight is 256 g/mol. The molecule has 0 aromatic rings. The molecule has 0 radical (unpaired) electrons. The number of nitrogens with one attached hydrogen (secondary N) is 1. The van der Waals surface area contributed by atoms with Crippen LogP contribution in [0.25, 0.3) is 0 Å². The minimum Gasteiger partial charge on any atom is -0.444 e. The Bertz CT molecular complexity index is 308. The van der Waals surface area contributed by atoms with Crippen LogP contribution in [0.1, 0.15) is 33.6 Å². The minimum atomic E-state index is -0.480. The molecule has 1 amide bonds. The highest BCUT2D eigenvalue weighted by Gasteiger charge is 2.40. The molecule has 2 heterocycles. The van der Waals surface area contributed by atoms with Gasteiger partial charge in [0.1, 0.15) is 5.60 Å². The molecule has 0 spiro atoms. The van der Waals surface area contributed by atoms with Gasteiger partial charge in [0.25, 0.3) is 0 Å². The molecule has 0 saturated carbocycles. The van der Waals surface area contributed by atoms with E-state index in [4.69, 9.17) is 4.74 Å². The van der Waals surface area contributed by atoms with E-state index in [1.165, 1.54) is 0 Å². The van der Waals surface area contributed by atoms with Crippen LogP contribution in [0, 0.1) is 5.92 Å². The van der Waals surface area contributed by atoms with E-state index in [1.807, 2.05) is 20.8 Å². The molecule has 18 heavy (non-hydrogen) atoms. The fourth-order valence-corrected chi connectivity index (χ4v) is 2.76. The predicted molar refractivity (Wildman–Crippen MR) is 68.3 cm³/mol. The Morgan fingerprint density at radius 1 is 1.39 bits per heavy atom. The molecule has 3 atom stereocenters. The van der Waals surface area contributed by atoms with Gasteiger partial charge >= 0.3 is 6.09 Å². The topological polar surface area (TPSA) is 61.8 Å². The number of β-amino-alcohol motifs (C(OH)–C–C–N with tert-alkyl or cyclic N) is 1. The van der Waals surface area contributed by atoms with Gasteiger partial charge in [0.15, 0.2) is 0 Å². The van der Waals surface area contributed by atoms with Crippen molar-refractivity contribution in [1.29, 1.82) is 0 Å². The summed E-state index contributed by atoms with van der Waals surface area (Å²) in [7, 11) is 0. The molecule has 0 aromatic carbocycles. The molecule has 2 fully saturated rings. The molecule has 0 bridgehead atoms. The van der Waals surface area contributed by atoms with Gasteiger partial charge in [-0.2, -0.15) is 0 Å². The number of ether oxygens (including phenoxy) is 1. The van der Waals surface area contributed by atoms with Crippen LogP contribution in [0.2, 0.25) is 0 Å². The zero-order valence-electron chi connectivity index (χ0n) is 11.5. The summed E-state index contributed by atoms with van der Waals surface area (Å²) < 4.78 is 5.34. The van der Waals surface area contributed by atoms with E-state index in [-0.39, 0.29) is 12.0 Å². The number of rotatable bonds is 1. The van der Waals surface area contributed by atoms with Crippen molar-refractivity contribution in [3.63, 3.8) is 0 Å². The van der Waals surface area contributed by atoms with Gasteiger partial charge in [-0.25, -0.2) is 4.79 Å². The van der Waals surface area contributed by atoms with E-state index >= 15 is 0 Å². The van der Waals surface area contributed by atoms with Gasteiger partial charge in [0.2, 0.25) is 0 Å². The highest BCUT2D eigenvalue weighted by molar-refractivity contribution is 5.68. The molecule has 5 nitrogen and oxygen atoms in total. The molecule has 2 N–H and O–H groups in total. The van der Waals surface area contributed by atoms with Crippen molar-refractivity contribution in [2.24, 2.45) is 5.92 Å². The fourth-order valence-electron chi connectivity index (χ4n) is 2.76. The average Bonchev–Trinajstić information content (AvgIpc) is 2.82. The lowest BCUT2D eigenvalue weighted by molar-refractivity contribution is 0.0269. The Morgan fingerprint density at radius 2 is 2.11 bits per heavy atom. The Balaban J connectivity index is 1.91. The van der Waals surface area contributed by atoms with Crippen molar-refractivity contribution < 1.29 is 14.6 Å². The molecule has 1 unspecified atom stereocenters. The largest absolute Gasteiger partial charge is 0.444 e. The third-order valence-electron chi connectivity index (χ3n) is 3.60. The molecule has 2 rings (SSSR count). The van der Waals surface area contributed by atoms with Gasteiger partial charge in [0, 0.05) is 18.5 Å². The van der Waals surface area contributed by atoms with Crippen molar-refractivity contribution in [3.05, 3.63) is 0 Å². The smallest absolute Gasteiger partial charge is 0.410 e. The van der Waals surface area contributed by atoms with E-state index in [2.05, 4.69) is 5.32 Å². The molecule has 0 aliphatic carbocycles. The predicted octanol–water partition coefficient (Wildman–Crippen LogP) is 0.966. The second kappa shape index (κ2) is 5.05. The fraction of sp³-hybridized carbons (Fsp3) is 0.923. The van der Waals surface area contributed by atoms with Crippen LogP contribution in [0.5, 0.6) is 0 Å². The first-order chi connectivity index (χ1) is 8.37. The van der Waals surface area contributed by atoms with Crippen LogP contribution in [-0.2, 0) is 4.74 Å². The van der Waals surface area contributed by atoms with E-state index in [0.717, 1.165) is 19.4 Å². The molecule has 5 heteroatoms. The van der Waals surface area contributed by atoms with Gasteiger partial charge in [0.05, 0.1) is 12.6 Å². The molecule has 104 valence electrons. The summed E-state index contributed by atoms with van der Waals surface area (Å²) in [6.45, 7) is 7.56. The molecular formula is C13H24N2O3. The first kappa shape index (κ1) is 13.6. The first-order valence-corrected chi connectivity index (χ1v) is 6.76. The normalized spacial score (nSPS) is 32.9. The summed E-state index contributed by atoms with van der Waals surface area (Å²) in [5.41, 5.74) is -0.480. The molecular weight excluding hydrogens is 232 g/mol. The van der Waals surface area contributed by atoms with Gasteiger partial charge in [-0.3, -0.25) is 0 Å². The Kier molecular flexibility index (Phi) is 3.82. The number of likely N-dealkylation sites (tertiary alicyclic amines) is 1. The lowest BCUT2D eigenvalue weighted by Crippen LogP contribution is -2.38. The highest BCUT2D eigenvalue weighted by atomic mass is 16.6. The number of carbonyl (C=O) groups is 1. The van der Waals surface area contributed by atoms with Crippen LogP contribution in [-0.4, -0.2) is 53.5 Å². The number of hydrogen-bond acceptors (Lipinski definition) is 4. The van der Waals surface area contributed by atoms with Crippen molar-refractivity contribution in [1.82, 2.24) is 10.2 Å². The number of amides is 1. The maximum atomic E-state index is 11.9. The first-order valence-electron chi connectivity index (χ1n) is 6.76. The summed E-state index contributed by atoms with van der Waals surface area (Å²) in [6.07, 6.45) is 1.49. The Labute approximate surface area is 108 Å². The van der Waals surface area contributed by atoms with Crippen LogP contribution in [0.3, 0.4) is 0 Å².